The van der Waals surface area contributed by atoms with Crippen LogP contribution in [0.3, 0.4) is 0 Å². The second kappa shape index (κ2) is 7.59. The molecule has 0 aromatic heterocycles. The van der Waals surface area contributed by atoms with E-state index >= 15 is 0 Å². The summed E-state index contributed by atoms with van der Waals surface area (Å²) in [6, 6.07) is -0.236. The van der Waals surface area contributed by atoms with Gasteiger partial charge in [0.15, 0.2) is 0 Å². The lowest BCUT2D eigenvalue weighted by Gasteiger charge is -2.33. The Morgan fingerprint density at radius 2 is 1.85 bits per heavy atom. The van der Waals surface area contributed by atoms with Crippen molar-refractivity contribution in [2.24, 2.45) is 0 Å². The Labute approximate surface area is 120 Å². The van der Waals surface area contributed by atoms with Crippen LogP contribution in [-0.2, 0) is 4.79 Å². The number of nitrogens with one attached hydrogen (secondary N) is 2. The van der Waals surface area contributed by atoms with Crippen molar-refractivity contribution >= 4 is 11.9 Å². The molecular formula is C14H27N3O3. The first-order chi connectivity index (χ1) is 9.35. The molecule has 0 unspecified atom stereocenters. The van der Waals surface area contributed by atoms with Crippen LogP contribution in [0.5, 0.6) is 0 Å². The van der Waals surface area contributed by atoms with Crippen LogP contribution >= 0.6 is 0 Å². The first-order valence-electron chi connectivity index (χ1n) is 7.27. The molecule has 0 aliphatic heterocycles. The van der Waals surface area contributed by atoms with E-state index in [1.807, 2.05) is 13.8 Å². The Morgan fingerprint density at radius 3 is 2.40 bits per heavy atom. The average molecular weight is 285 g/mol. The number of imide groups is 1. The highest BCUT2D eigenvalue weighted by Gasteiger charge is 2.25. The number of hydrogen-bond acceptors (Lipinski definition) is 4. The predicted molar refractivity (Wildman–Crippen MR) is 77.3 cm³/mol. The van der Waals surface area contributed by atoms with Crippen LogP contribution in [0.15, 0.2) is 0 Å². The second-order valence-electron chi connectivity index (χ2n) is 6.18. The van der Waals surface area contributed by atoms with Gasteiger partial charge in [-0.15, -0.1) is 0 Å². The van der Waals surface area contributed by atoms with E-state index in [2.05, 4.69) is 10.6 Å². The molecule has 20 heavy (non-hydrogen) atoms. The minimum atomic E-state index is -0.489. The van der Waals surface area contributed by atoms with E-state index in [0.717, 1.165) is 25.7 Å². The standard InChI is InChI=1S/C14H27N3O3/c1-14(2,10-18)17(3)9-12(19)16-13(20)15-11-7-5-4-6-8-11/h11,18H,4-10H2,1-3H3,(H2,15,16,19,20). The molecule has 1 aliphatic carbocycles. The van der Waals surface area contributed by atoms with Crippen molar-refractivity contribution in [1.29, 1.82) is 0 Å². The van der Waals surface area contributed by atoms with Crippen molar-refractivity contribution in [1.82, 2.24) is 15.5 Å². The highest BCUT2D eigenvalue weighted by molar-refractivity contribution is 5.95. The monoisotopic (exact) mass is 285 g/mol. The summed E-state index contributed by atoms with van der Waals surface area (Å²) in [5.41, 5.74) is -0.489. The molecule has 0 atom stereocenters. The summed E-state index contributed by atoms with van der Waals surface area (Å²) in [6.07, 6.45) is 5.45. The molecule has 0 aromatic carbocycles. The maximum atomic E-state index is 11.8. The van der Waals surface area contributed by atoms with E-state index in [9.17, 15) is 14.7 Å². The molecule has 0 radical (unpaired) electrons. The highest BCUT2D eigenvalue weighted by Crippen LogP contribution is 2.17. The number of nitrogens with zero attached hydrogens (tertiary/aromatic N) is 1. The molecule has 116 valence electrons. The highest BCUT2D eigenvalue weighted by atomic mass is 16.3. The van der Waals surface area contributed by atoms with Crippen LogP contribution in [0.4, 0.5) is 4.79 Å². The van der Waals surface area contributed by atoms with Crippen LogP contribution in [0.2, 0.25) is 0 Å². The van der Waals surface area contributed by atoms with Gasteiger partial charge in [-0.1, -0.05) is 19.3 Å². The van der Waals surface area contributed by atoms with Gasteiger partial charge in [0.05, 0.1) is 13.2 Å². The van der Waals surface area contributed by atoms with Crippen LogP contribution in [-0.4, -0.2) is 53.7 Å². The molecule has 0 saturated heterocycles. The summed E-state index contributed by atoms with van der Waals surface area (Å²) in [7, 11) is 1.74. The minimum absolute atomic E-state index is 0.0505. The van der Waals surface area contributed by atoms with Crippen molar-refractivity contribution < 1.29 is 14.7 Å². The Balaban J connectivity index is 2.32. The van der Waals surface area contributed by atoms with Crippen molar-refractivity contribution in [2.45, 2.75) is 57.5 Å². The third-order valence-corrected chi connectivity index (χ3v) is 3.99. The van der Waals surface area contributed by atoms with Gasteiger partial charge in [-0.25, -0.2) is 4.79 Å². The fourth-order valence-corrected chi connectivity index (χ4v) is 2.18. The number of carbonyl (C=O) groups is 2. The van der Waals surface area contributed by atoms with Crippen molar-refractivity contribution in [3.8, 4) is 0 Å². The molecule has 1 aliphatic rings. The van der Waals surface area contributed by atoms with Crippen LogP contribution in [0, 0.1) is 0 Å². The smallest absolute Gasteiger partial charge is 0.321 e. The molecule has 1 saturated carbocycles. The topological polar surface area (TPSA) is 81.7 Å². The lowest BCUT2D eigenvalue weighted by molar-refractivity contribution is -0.122. The molecule has 6 nitrogen and oxygen atoms in total. The summed E-state index contributed by atoms with van der Waals surface area (Å²) in [4.78, 5) is 25.2. The van der Waals surface area contributed by atoms with Crippen molar-refractivity contribution in [3.63, 3.8) is 0 Å². The van der Waals surface area contributed by atoms with Gasteiger partial charge < -0.3 is 10.4 Å². The SMILES string of the molecule is CN(CC(=O)NC(=O)NC1CCCCC1)C(C)(C)CO. The van der Waals surface area contributed by atoms with E-state index in [1.54, 1.807) is 11.9 Å². The van der Waals surface area contributed by atoms with E-state index in [-0.39, 0.29) is 25.1 Å². The Hall–Kier alpha value is -1.14. The normalized spacial score (nSPS) is 17.1. The number of aliphatic hydroxyl groups excluding tert-OH is 1. The molecule has 0 bridgehead atoms. The Bertz CT molecular complexity index is 339. The molecule has 3 amide bonds. The van der Waals surface area contributed by atoms with Gasteiger partial charge in [0, 0.05) is 11.6 Å². The number of aliphatic hydroxyl groups is 1. The van der Waals surface area contributed by atoms with Gasteiger partial charge >= 0.3 is 6.03 Å². The predicted octanol–water partition coefficient (Wildman–Crippen LogP) is 0.848. The molecular weight excluding hydrogens is 258 g/mol. The minimum Gasteiger partial charge on any atom is -0.394 e. The fourth-order valence-electron chi connectivity index (χ4n) is 2.18. The van der Waals surface area contributed by atoms with Crippen LogP contribution < -0.4 is 10.6 Å². The number of amides is 3. The van der Waals surface area contributed by atoms with Gasteiger partial charge in [0.2, 0.25) is 5.91 Å². The Kier molecular flexibility index (Phi) is 6.42. The molecule has 6 heteroatoms. The first kappa shape index (κ1) is 16.9. The second-order valence-corrected chi connectivity index (χ2v) is 6.18. The maximum absolute atomic E-state index is 11.8. The quantitative estimate of drug-likeness (QED) is 0.699. The zero-order valence-electron chi connectivity index (χ0n) is 12.7. The number of urea groups is 1. The average Bonchev–Trinajstić information content (AvgIpc) is 2.39. The first-order valence-corrected chi connectivity index (χ1v) is 7.27. The van der Waals surface area contributed by atoms with E-state index in [1.165, 1.54) is 6.42 Å². The van der Waals surface area contributed by atoms with Gasteiger partial charge in [-0.2, -0.15) is 0 Å². The third-order valence-electron chi connectivity index (χ3n) is 3.99. The molecule has 3 N–H and O–H groups in total. The number of likely N-dealkylation sites (N-methyl/N-ethyl adjacent to an activating group) is 1. The Morgan fingerprint density at radius 1 is 1.25 bits per heavy atom. The molecule has 0 aromatic rings. The lowest BCUT2D eigenvalue weighted by atomic mass is 9.96. The maximum Gasteiger partial charge on any atom is 0.321 e. The summed E-state index contributed by atoms with van der Waals surface area (Å²) >= 11 is 0. The van der Waals surface area contributed by atoms with Gasteiger partial charge in [-0.3, -0.25) is 15.0 Å². The van der Waals surface area contributed by atoms with Crippen LogP contribution in [0.25, 0.3) is 0 Å². The zero-order chi connectivity index (χ0) is 15.2. The van der Waals surface area contributed by atoms with E-state index in [0.29, 0.717) is 0 Å². The summed E-state index contributed by atoms with van der Waals surface area (Å²) in [6.45, 7) is 3.70. The summed E-state index contributed by atoms with van der Waals surface area (Å²) < 4.78 is 0. The lowest BCUT2D eigenvalue weighted by Crippen LogP contribution is -2.52. The summed E-state index contributed by atoms with van der Waals surface area (Å²) in [5, 5.41) is 14.4. The number of carbonyl (C=O) groups excluding carboxylic acids is 2. The molecule has 1 fully saturated rings. The fraction of sp³-hybridized carbons (Fsp3) is 0.857. The number of rotatable bonds is 5. The van der Waals surface area contributed by atoms with Crippen molar-refractivity contribution in [3.05, 3.63) is 0 Å². The number of hydrogen-bond donors (Lipinski definition) is 3. The van der Waals surface area contributed by atoms with Crippen LogP contribution in [0.1, 0.15) is 46.0 Å². The molecule has 0 heterocycles. The van der Waals surface area contributed by atoms with Gasteiger partial charge in [0.1, 0.15) is 0 Å². The third kappa shape index (κ3) is 5.46. The largest absolute Gasteiger partial charge is 0.394 e. The molecule has 0 spiro atoms. The zero-order valence-corrected chi connectivity index (χ0v) is 12.7. The van der Waals surface area contributed by atoms with Gasteiger partial charge in [-0.05, 0) is 33.7 Å². The van der Waals surface area contributed by atoms with E-state index in [4.69, 9.17) is 0 Å². The molecule has 1 rings (SSSR count). The van der Waals surface area contributed by atoms with Gasteiger partial charge in [0.25, 0.3) is 0 Å². The van der Waals surface area contributed by atoms with E-state index < -0.39 is 11.6 Å². The summed E-state index contributed by atoms with van der Waals surface area (Å²) in [5.74, 6) is -0.359. The van der Waals surface area contributed by atoms with Crippen molar-refractivity contribution in [2.75, 3.05) is 20.2 Å².